The Morgan fingerprint density at radius 1 is 1.19 bits per heavy atom. The summed E-state index contributed by atoms with van der Waals surface area (Å²) >= 11 is 6.83. The highest BCUT2D eigenvalue weighted by atomic mass is 79.9. The molecule has 3 N–H and O–H groups in total. The maximum absolute atomic E-state index is 9.12. The monoisotopic (exact) mass is 351 g/mol. The first-order valence-electron chi connectivity index (χ1n) is 4.91. The van der Waals surface area contributed by atoms with E-state index in [0.717, 1.165) is 14.5 Å². The van der Waals surface area contributed by atoms with Crippen LogP contribution in [-0.4, -0.2) is 29.0 Å². The van der Waals surface area contributed by atoms with E-state index < -0.39 is 5.54 Å². The van der Waals surface area contributed by atoms with E-state index in [-0.39, 0.29) is 13.2 Å². The molecule has 1 rings (SSSR count). The maximum atomic E-state index is 9.12. The minimum atomic E-state index is -0.639. The van der Waals surface area contributed by atoms with E-state index in [4.69, 9.17) is 10.2 Å². The second kappa shape index (κ2) is 6.12. The van der Waals surface area contributed by atoms with E-state index in [1.165, 1.54) is 0 Å². The Balaban J connectivity index is 2.64. The Bertz CT molecular complexity index is 354. The van der Waals surface area contributed by atoms with Gasteiger partial charge >= 0.3 is 0 Å². The zero-order valence-electron chi connectivity index (χ0n) is 9.00. The van der Waals surface area contributed by atoms with E-state index >= 15 is 0 Å². The van der Waals surface area contributed by atoms with Gasteiger partial charge in [0.1, 0.15) is 0 Å². The fourth-order valence-electron chi connectivity index (χ4n) is 1.13. The summed E-state index contributed by atoms with van der Waals surface area (Å²) < 4.78 is 1.99. The molecule has 0 heterocycles. The minimum Gasteiger partial charge on any atom is -0.394 e. The second-order valence-electron chi connectivity index (χ2n) is 3.98. The van der Waals surface area contributed by atoms with Gasteiger partial charge in [0.2, 0.25) is 0 Å². The molecular formula is C11H15Br2NO2. The van der Waals surface area contributed by atoms with Crippen molar-refractivity contribution < 1.29 is 10.2 Å². The third-order valence-corrected chi connectivity index (χ3v) is 4.28. The highest BCUT2D eigenvalue weighted by Gasteiger charge is 2.20. The smallest absolute Gasteiger partial charge is 0.0633 e. The number of nitrogens with one attached hydrogen (secondary N) is 1. The van der Waals surface area contributed by atoms with Gasteiger partial charge < -0.3 is 15.5 Å². The number of halogens is 2. The lowest BCUT2D eigenvalue weighted by molar-refractivity contribution is 0.103. The van der Waals surface area contributed by atoms with Gasteiger partial charge in [0.15, 0.2) is 0 Å². The molecule has 3 nitrogen and oxygen atoms in total. The Morgan fingerprint density at radius 2 is 1.81 bits per heavy atom. The van der Waals surface area contributed by atoms with Crippen LogP contribution in [0.2, 0.25) is 0 Å². The normalized spacial score (nSPS) is 11.8. The number of benzene rings is 1. The fourth-order valence-corrected chi connectivity index (χ4v) is 1.80. The van der Waals surface area contributed by atoms with Crippen molar-refractivity contribution in [2.45, 2.75) is 19.0 Å². The zero-order valence-corrected chi connectivity index (χ0v) is 12.2. The van der Waals surface area contributed by atoms with Crippen molar-refractivity contribution in [3.63, 3.8) is 0 Å². The van der Waals surface area contributed by atoms with Crippen molar-refractivity contribution in [1.29, 1.82) is 0 Å². The third-order valence-electron chi connectivity index (χ3n) is 2.40. The highest BCUT2D eigenvalue weighted by Crippen LogP contribution is 2.23. The molecule has 0 fully saturated rings. The first-order chi connectivity index (χ1) is 7.50. The Kier molecular flexibility index (Phi) is 5.40. The van der Waals surface area contributed by atoms with Crippen LogP contribution in [0.1, 0.15) is 12.5 Å². The first-order valence-corrected chi connectivity index (χ1v) is 6.50. The largest absolute Gasteiger partial charge is 0.394 e. The number of aliphatic hydroxyl groups excluding tert-OH is 2. The van der Waals surface area contributed by atoms with Gasteiger partial charge in [-0.3, -0.25) is 0 Å². The lowest BCUT2D eigenvalue weighted by Gasteiger charge is -2.26. The summed E-state index contributed by atoms with van der Waals surface area (Å²) in [5.41, 5.74) is 0.447. The van der Waals surface area contributed by atoms with Crippen LogP contribution in [0.5, 0.6) is 0 Å². The van der Waals surface area contributed by atoms with Gasteiger partial charge in [-0.1, -0.05) is 6.07 Å². The molecule has 0 unspecified atom stereocenters. The molecule has 0 amide bonds. The first kappa shape index (κ1) is 14.1. The van der Waals surface area contributed by atoms with E-state index in [1.807, 2.05) is 18.2 Å². The Hall–Kier alpha value is 0.0600. The van der Waals surface area contributed by atoms with E-state index in [2.05, 4.69) is 37.2 Å². The quantitative estimate of drug-likeness (QED) is 0.760. The second-order valence-corrected chi connectivity index (χ2v) is 5.69. The van der Waals surface area contributed by atoms with Crippen molar-refractivity contribution in [3.05, 3.63) is 32.7 Å². The molecule has 0 aliphatic carbocycles. The molecule has 5 heteroatoms. The van der Waals surface area contributed by atoms with Gasteiger partial charge in [-0.2, -0.15) is 0 Å². The summed E-state index contributed by atoms with van der Waals surface area (Å²) in [5.74, 6) is 0. The SMILES string of the molecule is CC(CO)(CO)NCc1ccc(Br)c(Br)c1. The fraction of sp³-hybridized carbons (Fsp3) is 0.455. The molecule has 0 aromatic heterocycles. The molecule has 0 radical (unpaired) electrons. The van der Waals surface area contributed by atoms with Gasteiger partial charge in [-0.25, -0.2) is 0 Å². The van der Waals surface area contributed by atoms with Crippen molar-refractivity contribution >= 4 is 31.9 Å². The van der Waals surface area contributed by atoms with Crippen LogP contribution < -0.4 is 5.32 Å². The van der Waals surface area contributed by atoms with Crippen LogP contribution in [0.3, 0.4) is 0 Å². The predicted octanol–water partition coefficient (Wildman–Crippen LogP) is 2.04. The van der Waals surface area contributed by atoms with Gasteiger partial charge in [-0.05, 0) is 56.5 Å². The molecule has 0 aliphatic heterocycles. The third kappa shape index (κ3) is 3.82. The number of rotatable bonds is 5. The summed E-state index contributed by atoms with van der Waals surface area (Å²) in [7, 11) is 0. The minimum absolute atomic E-state index is 0.0960. The Labute approximate surface area is 112 Å². The number of aliphatic hydroxyl groups is 2. The van der Waals surface area contributed by atoms with Crippen LogP contribution in [0.25, 0.3) is 0 Å². The average molecular weight is 353 g/mol. The molecule has 0 saturated carbocycles. The van der Waals surface area contributed by atoms with Crippen LogP contribution in [-0.2, 0) is 6.54 Å². The van der Waals surface area contributed by atoms with E-state index in [0.29, 0.717) is 6.54 Å². The molecule has 0 spiro atoms. The Morgan fingerprint density at radius 3 is 2.31 bits per heavy atom. The molecular weight excluding hydrogens is 338 g/mol. The van der Waals surface area contributed by atoms with E-state index in [1.54, 1.807) is 6.92 Å². The van der Waals surface area contributed by atoms with Crippen LogP contribution in [0.4, 0.5) is 0 Å². The summed E-state index contributed by atoms with van der Waals surface area (Å²) in [6.07, 6.45) is 0. The topological polar surface area (TPSA) is 52.5 Å². The van der Waals surface area contributed by atoms with Gasteiger partial charge in [0.05, 0.1) is 18.8 Å². The van der Waals surface area contributed by atoms with Crippen LogP contribution in [0.15, 0.2) is 27.1 Å². The summed E-state index contributed by atoms with van der Waals surface area (Å²) in [5, 5.41) is 21.4. The molecule has 1 aromatic rings. The maximum Gasteiger partial charge on any atom is 0.0633 e. The van der Waals surface area contributed by atoms with Crippen molar-refractivity contribution in [2.75, 3.05) is 13.2 Å². The van der Waals surface area contributed by atoms with Crippen LogP contribution >= 0.6 is 31.9 Å². The van der Waals surface area contributed by atoms with Gasteiger partial charge in [0, 0.05) is 15.5 Å². The highest BCUT2D eigenvalue weighted by molar-refractivity contribution is 9.13. The van der Waals surface area contributed by atoms with Gasteiger partial charge in [-0.15, -0.1) is 0 Å². The standard InChI is InChI=1S/C11H15Br2NO2/c1-11(6-15,7-16)14-5-8-2-3-9(12)10(13)4-8/h2-4,14-16H,5-7H2,1H3. The van der Waals surface area contributed by atoms with E-state index in [9.17, 15) is 0 Å². The van der Waals surface area contributed by atoms with Crippen molar-refractivity contribution in [2.24, 2.45) is 0 Å². The van der Waals surface area contributed by atoms with Gasteiger partial charge in [0.25, 0.3) is 0 Å². The number of hydrogen-bond acceptors (Lipinski definition) is 3. The molecule has 16 heavy (non-hydrogen) atoms. The van der Waals surface area contributed by atoms with Crippen molar-refractivity contribution in [1.82, 2.24) is 5.32 Å². The van der Waals surface area contributed by atoms with Crippen LogP contribution in [0, 0.1) is 0 Å². The molecule has 0 aliphatic rings. The zero-order chi connectivity index (χ0) is 12.2. The molecule has 1 aromatic carbocycles. The lowest BCUT2D eigenvalue weighted by atomic mass is 10.0. The molecule has 90 valence electrons. The number of hydrogen-bond donors (Lipinski definition) is 3. The lowest BCUT2D eigenvalue weighted by Crippen LogP contribution is -2.48. The summed E-state index contributed by atoms with van der Waals surface area (Å²) in [6.45, 7) is 2.19. The predicted molar refractivity (Wildman–Crippen MR) is 71.3 cm³/mol. The molecule has 0 atom stereocenters. The molecule has 0 bridgehead atoms. The molecule has 0 saturated heterocycles. The summed E-state index contributed by atoms with van der Waals surface area (Å²) in [4.78, 5) is 0. The summed E-state index contributed by atoms with van der Waals surface area (Å²) in [6, 6.07) is 5.93. The van der Waals surface area contributed by atoms with Crippen molar-refractivity contribution in [3.8, 4) is 0 Å². The average Bonchev–Trinajstić information content (AvgIpc) is 2.30.